The molecular formula is C22H17F3N2O3. The number of furan rings is 1. The Kier molecular flexibility index (Phi) is 5.17. The van der Waals surface area contributed by atoms with E-state index < -0.39 is 18.0 Å². The molecule has 1 N–H and O–H groups in total. The van der Waals surface area contributed by atoms with Crippen molar-refractivity contribution in [3.8, 4) is 17.0 Å². The zero-order valence-corrected chi connectivity index (χ0v) is 15.8. The number of nitrogens with zero attached hydrogens (tertiary/aromatic N) is 2. The van der Waals surface area contributed by atoms with Gasteiger partial charge in [-0.05, 0) is 30.7 Å². The number of aliphatic hydroxyl groups is 1. The lowest BCUT2D eigenvalue weighted by Gasteiger charge is -2.14. The van der Waals surface area contributed by atoms with Gasteiger partial charge >= 0.3 is 6.18 Å². The molecule has 154 valence electrons. The van der Waals surface area contributed by atoms with Crippen LogP contribution in [0.4, 0.5) is 13.2 Å². The predicted octanol–water partition coefficient (Wildman–Crippen LogP) is 5.37. The van der Waals surface area contributed by atoms with Crippen LogP contribution in [0, 0.1) is 6.92 Å². The highest BCUT2D eigenvalue weighted by molar-refractivity contribution is 5.95. The van der Waals surface area contributed by atoms with Gasteiger partial charge in [-0.2, -0.15) is 13.2 Å². The van der Waals surface area contributed by atoms with Crippen LogP contribution in [0.1, 0.15) is 23.1 Å². The fourth-order valence-corrected chi connectivity index (χ4v) is 3.15. The van der Waals surface area contributed by atoms with Crippen LogP contribution in [0.3, 0.4) is 0 Å². The second-order valence-corrected chi connectivity index (χ2v) is 6.74. The van der Waals surface area contributed by atoms with Gasteiger partial charge < -0.3 is 14.3 Å². The average molecular weight is 414 g/mol. The van der Waals surface area contributed by atoms with Crippen molar-refractivity contribution >= 4 is 11.0 Å². The fraction of sp³-hybridized carbons (Fsp3) is 0.182. The van der Waals surface area contributed by atoms with Crippen molar-refractivity contribution in [2.45, 2.75) is 25.8 Å². The monoisotopic (exact) mass is 414 g/mol. The van der Waals surface area contributed by atoms with Crippen LogP contribution in [0.15, 0.2) is 65.3 Å². The molecule has 0 aliphatic rings. The highest BCUT2D eigenvalue weighted by Crippen LogP contribution is 2.37. The van der Waals surface area contributed by atoms with Crippen molar-refractivity contribution in [3.63, 3.8) is 0 Å². The molecule has 4 rings (SSSR count). The molecule has 2 aromatic heterocycles. The van der Waals surface area contributed by atoms with Gasteiger partial charge in [-0.15, -0.1) is 0 Å². The standard InChI is InChI=1S/C22H17F3N2O3/c1-13-20(17-10-26-11-18(27-17)21(28)22(23,24)25)16-9-15(7-8-19(16)30-13)29-12-14-5-3-2-4-6-14/h2-11,21,28H,12H2,1H3/t21-/m0/s1. The van der Waals surface area contributed by atoms with E-state index in [2.05, 4.69) is 9.97 Å². The van der Waals surface area contributed by atoms with Gasteiger partial charge in [0.15, 0.2) is 6.10 Å². The van der Waals surface area contributed by atoms with E-state index >= 15 is 0 Å². The Labute approximate surface area is 169 Å². The Balaban J connectivity index is 1.70. The Morgan fingerprint density at radius 1 is 1.10 bits per heavy atom. The lowest BCUT2D eigenvalue weighted by Crippen LogP contribution is -2.21. The number of hydrogen-bond donors (Lipinski definition) is 1. The number of benzene rings is 2. The lowest BCUT2D eigenvalue weighted by atomic mass is 10.1. The number of fused-ring (bicyclic) bond motifs is 1. The van der Waals surface area contributed by atoms with Gasteiger partial charge in [-0.1, -0.05) is 30.3 Å². The summed E-state index contributed by atoms with van der Waals surface area (Å²) in [5.74, 6) is 1.05. The molecule has 2 heterocycles. The summed E-state index contributed by atoms with van der Waals surface area (Å²) in [5.41, 5.74) is 1.63. The lowest BCUT2D eigenvalue weighted by molar-refractivity contribution is -0.208. The number of aliphatic hydroxyl groups excluding tert-OH is 1. The number of ether oxygens (including phenoxy) is 1. The summed E-state index contributed by atoms with van der Waals surface area (Å²) >= 11 is 0. The maximum Gasteiger partial charge on any atom is 0.420 e. The molecule has 0 bridgehead atoms. The zero-order chi connectivity index (χ0) is 21.3. The first kappa shape index (κ1) is 19.9. The predicted molar refractivity (Wildman–Crippen MR) is 104 cm³/mol. The molecule has 0 spiro atoms. The third kappa shape index (κ3) is 3.99. The van der Waals surface area contributed by atoms with E-state index in [4.69, 9.17) is 9.15 Å². The molecule has 0 unspecified atom stereocenters. The second kappa shape index (κ2) is 7.79. The van der Waals surface area contributed by atoms with E-state index in [1.54, 1.807) is 25.1 Å². The maximum atomic E-state index is 12.9. The Bertz CT molecular complexity index is 1170. The van der Waals surface area contributed by atoms with Crippen LogP contribution < -0.4 is 4.74 Å². The van der Waals surface area contributed by atoms with Gasteiger partial charge in [-0.25, -0.2) is 4.98 Å². The first-order valence-electron chi connectivity index (χ1n) is 9.10. The first-order chi connectivity index (χ1) is 14.3. The summed E-state index contributed by atoms with van der Waals surface area (Å²) < 4.78 is 50.2. The SMILES string of the molecule is Cc1oc2ccc(OCc3ccccc3)cc2c1-c1cncc([C@H](O)C(F)(F)F)n1. The highest BCUT2D eigenvalue weighted by atomic mass is 19.4. The van der Waals surface area contributed by atoms with E-state index in [0.717, 1.165) is 11.8 Å². The minimum atomic E-state index is -4.83. The highest BCUT2D eigenvalue weighted by Gasteiger charge is 2.40. The zero-order valence-electron chi connectivity index (χ0n) is 15.8. The summed E-state index contributed by atoms with van der Waals surface area (Å²) in [6.45, 7) is 2.06. The second-order valence-electron chi connectivity index (χ2n) is 6.74. The molecule has 2 aromatic carbocycles. The third-order valence-electron chi connectivity index (χ3n) is 4.58. The van der Waals surface area contributed by atoms with Crippen LogP contribution in [0.5, 0.6) is 5.75 Å². The van der Waals surface area contributed by atoms with Crippen LogP contribution >= 0.6 is 0 Å². The van der Waals surface area contributed by atoms with Gasteiger partial charge in [0.1, 0.15) is 23.7 Å². The van der Waals surface area contributed by atoms with E-state index in [-0.39, 0.29) is 5.69 Å². The molecule has 0 saturated carbocycles. The largest absolute Gasteiger partial charge is 0.489 e. The van der Waals surface area contributed by atoms with Crippen LogP contribution in [0.2, 0.25) is 0 Å². The molecule has 1 atom stereocenters. The van der Waals surface area contributed by atoms with E-state index in [9.17, 15) is 18.3 Å². The van der Waals surface area contributed by atoms with Gasteiger partial charge in [-0.3, -0.25) is 4.98 Å². The summed E-state index contributed by atoms with van der Waals surface area (Å²) in [6, 6.07) is 14.9. The number of aryl methyl sites for hydroxylation is 1. The van der Waals surface area contributed by atoms with Crippen molar-refractivity contribution in [1.82, 2.24) is 9.97 Å². The average Bonchev–Trinajstić information content (AvgIpc) is 3.07. The first-order valence-corrected chi connectivity index (χ1v) is 9.10. The third-order valence-corrected chi connectivity index (χ3v) is 4.58. The quantitative estimate of drug-likeness (QED) is 0.475. The van der Waals surface area contributed by atoms with Crippen LogP contribution in [0.25, 0.3) is 22.2 Å². The number of hydrogen-bond acceptors (Lipinski definition) is 5. The number of halogens is 3. The summed E-state index contributed by atoms with van der Waals surface area (Å²) in [7, 11) is 0. The van der Waals surface area contributed by atoms with Crippen LogP contribution in [-0.2, 0) is 6.61 Å². The van der Waals surface area contributed by atoms with Gasteiger partial charge in [0.05, 0.1) is 29.3 Å². The Morgan fingerprint density at radius 3 is 2.60 bits per heavy atom. The van der Waals surface area contributed by atoms with Gasteiger partial charge in [0, 0.05) is 5.39 Å². The maximum absolute atomic E-state index is 12.9. The van der Waals surface area contributed by atoms with Crippen molar-refractivity contribution in [1.29, 1.82) is 0 Å². The van der Waals surface area contributed by atoms with E-state index in [1.165, 1.54) is 6.20 Å². The Hall–Kier alpha value is -3.39. The van der Waals surface area contributed by atoms with Gasteiger partial charge in [0.2, 0.25) is 0 Å². The molecule has 8 heteroatoms. The molecule has 0 aliphatic carbocycles. The van der Waals surface area contributed by atoms with Crippen molar-refractivity contribution in [3.05, 3.63) is 77.9 Å². The molecule has 30 heavy (non-hydrogen) atoms. The number of alkyl halides is 3. The van der Waals surface area contributed by atoms with E-state index in [0.29, 0.717) is 34.6 Å². The minimum absolute atomic E-state index is 0.173. The molecule has 0 aliphatic heterocycles. The normalized spacial score (nSPS) is 12.8. The van der Waals surface area contributed by atoms with E-state index in [1.807, 2.05) is 30.3 Å². The van der Waals surface area contributed by atoms with Crippen molar-refractivity contribution in [2.24, 2.45) is 0 Å². The molecule has 4 aromatic rings. The van der Waals surface area contributed by atoms with Gasteiger partial charge in [0.25, 0.3) is 0 Å². The summed E-state index contributed by atoms with van der Waals surface area (Å²) in [5, 5.41) is 10.1. The number of aromatic nitrogens is 2. The topological polar surface area (TPSA) is 68.4 Å². The summed E-state index contributed by atoms with van der Waals surface area (Å²) in [6.07, 6.45) is -5.32. The van der Waals surface area contributed by atoms with Crippen LogP contribution in [-0.4, -0.2) is 21.3 Å². The smallest absolute Gasteiger partial charge is 0.420 e. The van der Waals surface area contributed by atoms with Crippen molar-refractivity contribution in [2.75, 3.05) is 0 Å². The molecule has 5 nitrogen and oxygen atoms in total. The fourth-order valence-electron chi connectivity index (χ4n) is 3.15. The molecule has 0 amide bonds. The summed E-state index contributed by atoms with van der Waals surface area (Å²) in [4.78, 5) is 7.81. The molecule has 0 saturated heterocycles. The number of rotatable bonds is 5. The molecule has 0 radical (unpaired) electrons. The molecular weight excluding hydrogens is 397 g/mol. The molecule has 0 fully saturated rings. The minimum Gasteiger partial charge on any atom is -0.489 e. The van der Waals surface area contributed by atoms with Crippen molar-refractivity contribution < 1.29 is 27.4 Å². The Morgan fingerprint density at radius 2 is 1.87 bits per heavy atom.